The lowest BCUT2D eigenvalue weighted by Gasteiger charge is -2.10. The molecule has 21 heavy (non-hydrogen) atoms. The van der Waals surface area contributed by atoms with Crippen LogP contribution >= 0.6 is 0 Å². The zero-order chi connectivity index (χ0) is 15.1. The van der Waals surface area contributed by atoms with Gasteiger partial charge in [-0.25, -0.2) is 9.78 Å². The number of nitrogens with one attached hydrogen (secondary N) is 3. The number of aryl methyl sites for hydroxylation is 1. The standard InChI is InChI=1S/C14H19N5O2/c1-10(20)11-4-2-5-12(8-11)18-14(21)15-7-3-6-13-16-9-17-19-13/h2,4-5,8-10,20H,3,6-7H2,1H3,(H2,15,18,21)(H,16,17,19). The van der Waals surface area contributed by atoms with Crippen molar-refractivity contribution in [3.63, 3.8) is 0 Å². The molecule has 0 fully saturated rings. The first-order valence-corrected chi connectivity index (χ1v) is 6.82. The molecule has 0 spiro atoms. The van der Waals surface area contributed by atoms with Crippen LogP contribution in [0.3, 0.4) is 0 Å². The number of urea groups is 1. The number of amides is 2. The Labute approximate surface area is 122 Å². The second kappa shape index (κ2) is 7.39. The van der Waals surface area contributed by atoms with E-state index in [0.29, 0.717) is 12.2 Å². The number of benzene rings is 1. The van der Waals surface area contributed by atoms with Crippen molar-refractivity contribution in [2.45, 2.75) is 25.9 Å². The van der Waals surface area contributed by atoms with Gasteiger partial charge in [-0.3, -0.25) is 5.10 Å². The van der Waals surface area contributed by atoms with E-state index in [-0.39, 0.29) is 6.03 Å². The molecule has 0 saturated carbocycles. The van der Waals surface area contributed by atoms with Crippen molar-refractivity contribution in [2.24, 2.45) is 0 Å². The third kappa shape index (κ3) is 4.88. The van der Waals surface area contributed by atoms with Gasteiger partial charge in [0.15, 0.2) is 0 Å². The summed E-state index contributed by atoms with van der Waals surface area (Å²) in [7, 11) is 0. The minimum Gasteiger partial charge on any atom is -0.389 e. The van der Waals surface area contributed by atoms with E-state index in [1.807, 2.05) is 6.07 Å². The Morgan fingerprint density at radius 2 is 2.33 bits per heavy atom. The van der Waals surface area contributed by atoms with Crippen LogP contribution in [-0.4, -0.2) is 32.9 Å². The Morgan fingerprint density at radius 1 is 1.48 bits per heavy atom. The van der Waals surface area contributed by atoms with Gasteiger partial charge in [0, 0.05) is 18.7 Å². The summed E-state index contributed by atoms with van der Waals surface area (Å²) in [6, 6.07) is 6.86. The number of carbonyl (C=O) groups is 1. The third-order valence-corrected chi connectivity index (χ3v) is 2.97. The SMILES string of the molecule is CC(O)c1cccc(NC(=O)NCCCc2ncn[nH]2)c1. The number of anilines is 1. The summed E-state index contributed by atoms with van der Waals surface area (Å²) in [5.41, 5.74) is 1.42. The van der Waals surface area contributed by atoms with Crippen LogP contribution in [0.1, 0.15) is 30.8 Å². The van der Waals surface area contributed by atoms with Crippen molar-refractivity contribution in [2.75, 3.05) is 11.9 Å². The maximum atomic E-state index is 11.7. The Hall–Kier alpha value is -2.41. The van der Waals surface area contributed by atoms with E-state index in [4.69, 9.17) is 0 Å². The fourth-order valence-corrected chi connectivity index (χ4v) is 1.86. The van der Waals surface area contributed by atoms with Gasteiger partial charge in [-0.05, 0) is 31.0 Å². The van der Waals surface area contributed by atoms with Gasteiger partial charge in [-0.15, -0.1) is 0 Å². The van der Waals surface area contributed by atoms with Crippen LogP contribution in [-0.2, 0) is 6.42 Å². The van der Waals surface area contributed by atoms with Gasteiger partial charge in [0.05, 0.1) is 6.10 Å². The molecule has 1 heterocycles. The minimum absolute atomic E-state index is 0.268. The van der Waals surface area contributed by atoms with Crippen LogP contribution in [0.4, 0.5) is 10.5 Å². The van der Waals surface area contributed by atoms with E-state index in [9.17, 15) is 9.90 Å². The van der Waals surface area contributed by atoms with E-state index in [1.54, 1.807) is 25.1 Å². The number of rotatable bonds is 6. The molecule has 1 unspecified atom stereocenters. The minimum atomic E-state index is -0.559. The molecule has 0 saturated heterocycles. The lowest BCUT2D eigenvalue weighted by molar-refractivity contribution is 0.199. The van der Waals surface area contributed by atoms with E-state index < -0.39 is 6.10 Å². The quantitative estimate of drug-likeness (QED) is 0.607. The molecule has 2 rings (SSSR count). The highest BCUT2D eigenvalue weighted by atomic mass is 16.3. The van der Waals surface area contributed by atoms with Gasteiger partial charge in [-0.2, -0.15) is 5.10 Å². The molecule has 2 aromatic rings. The van der Waals surface area contributed by atoms with E-state index >= 15 is 0 Å². The second-order valence-corrected chi connectivity index (χ2v) is 4.72. The van der Waals surface area contributed by atoms with Gasteiger partial charge in [0.2, 0.25) is 0 Å². The molecular weight excluding hydrogens is 270 g/mol. The van der Waals surface area contributed by atoms with Crippen molar-refractivity contribution in [3.8, 4) is 0 Å². The molecule has 1 atom stereocenters. The Balaban J connectivity index is 1.72. The second-order valence-electron chi connectivity index (χ2n) is 4.72. The normalized spacial score (nSPS) is 11.9. The lowest BCUT2D eigenvalue weighted by Crippen LogP contribution is -2.29. The highest BCUT2D eigenvalue weighted by molar-refractivity contribution is 5.89. The maximum absolute atomic E-state index is 11.7. The molecule has 0 aliphatic rings. The zero-order valence-electron chi connectivity index (χ0n) is 11.8. The van der Waals surface area contributed by atoms with Crippen LogP contribution < -0.4 is 10.6 Å². The Kier molecular flexibility index (Phi) is 5.28. The summed E-state index contributed by atoms with van der Waals surface area (Å²) in [6.45, 7) is 2.23. The Bertz CT molecular complexity index is 569. The van der Waals surface area contributed by atoms with E-state index in [0.717, 1.165) is 24.2 Å². The Morgan fingerprint density at radius 3 is 3.05 bits per heavy atom. The molecule has 0 aliphatic carbocycles. The monoisotopic (exact) mass is 289 g/mol. The van der Waals surface area contributed by atoms with E-state index in [2.05, 4.69) is 25.8 Å². The summed E-state index contributed by atoms with van der Waals surface area (Å²) < 4.78 is 0. The number of nitrogens with zero attached hydrogens (tertiary/aromatic N) is 2. The first-order valence-electron chi connectivity index (χ1n) is 6.82. The molecule has 7 nitrogen and oxygen atoms in total. The summed E-state index contributed by atoms with van der Waals surface area (Å²) in [6.07, 6.45) is 2.41. The zero-order valence-corrected chi connectivity index (χ0v) is 11.8. The van der Waals surface area contributed by atoms with Gasteiger partial charge in [0.1, 0.15) is 12.2 Å². The number of aromatic amines is 1. The van der Waals surface area contributed by atoms with Crippen molar-refractivity contribution in [1.82, 2.24) is 20.5 Å². The van der Waals surface area contributed by atoms with Gasteiger partial charge in [-0.1, -0.05) is 12.1 Å². The molecule has 0 bridgehead atoms. The molecule has 7 heteroatoms. The summed E-state index contributed by atoms with van der Waals surface area (Å²) in [5, 5.41) is 21.5. The number of hydrogen-bond acceptors (Lipinski definition) is 4. The summed E-state index contributed by atoms with van der Waals surface area (Å²) in [5.74, 6) is 0.807. The van der Waals surface area contributed by atoms with Crippen LogP contribution in [0.5, 0.6) is 0 Å². The van der Waals surface area contributed by atoms with Gasteiger partial charge in [0.25, 0.3) is 0 Å². The van der Waals surface area contributed by atoms with E-state index in [1.165, 1.54) is 6.33 Å². The van der Waals surface area contributed by atoms with Crippen molar-refractivity contribution in [1.29, 1.82) is 0 Å². The number of aromatic nitrogens is 3. The first-order chi connectivity index (χ1) is 10.1. The number of aliphatic hydroxyl groups is 1. The number of carbonyl (C=O) groups excluding carboxylic acids is 1. The molecule has 0 aliphatic heterocycles. The fraction of sp³-hybridized carbons (Fsp3) is 0.357. The van der Waals surface area contributed by atoms with Crippen LogP contribution in [0, 0.1) is 0 Å². The maximum Gasteiger partial charge on any atom is 0.319 e. The van der Waals surface area contributed by atoms with Crippen LogP contribution in [0.15, 0.2) is 30.6 Å². The average molecular weight is 289 g/mol. The molecule has 0 radical (unpaired) electrons. The van der Waals surface area contributed by atoms with Crippen molar-refractivity contribution >= 4 is 11.7 Å². The smallest absolute Gasteiger partial charge is 0.319 e. The largest absolute Gasteiger partial charge is 0.389 e. The predicted molar refractivity (Wildman–Crippen MR) is 78.8 cm³/mol. The van der Waals surface area contributed by atoms with Crippen molar-refractivity contribution in [3.05, 3.63) is 42.0 Å². The van der Waals surface area contributed by atoms with Crippen molar-refractivity contribution < 1.29 is 9.90 Å². The number of aliphatic hydroxyl groups excluding tert-OH is 1. The van der Waals surface area contributed by atoms with Gasteiger partial charge < -0.3 is 15.7 Å². The highest BCUT2D eigenvalue weighted by Gasteiger charge is 2.05. The summed E-state index contributed by atoms with van der Waals surface area (Å²) >= 11 is 0. The molecule has 112 valence electrons. The number of hydrogen-bond donors (Lipinski definition) is 4. The summed E-state index contributed by atoms with van der Waals surface area (Å²) in [4.78, 5) is 15.7. The first kappa shape index (κ1) is 15.0. The fourth-order valence-electron chi connectivity index (χ4n) is 1.86. The van der Waals surface area contributed by atoms with Gasteiger partial charge >= 0.3 is 6.03 Å². The molecule has 1 aromatic heterocycles. The highest BCUT2D eigenvalue weighted by Crippen LogP contribution is 2.16. The average Bonchev–Trinajstić information content (AvgIpc) is 2.97. The topological polar surface area (TPSA) is 103 Å². The number of H-pyrrole nitrogens is 1. The molecule has 2 amide bonds. The van der Waals surface area contributed by atoms with Crippen LogP contribution in [0.2, 0.25) is 0 Å². The lowest BCUT2D eigenvalue weighted by atomic mass is 10.1. The molecular formula is C14H19N5O2. The molecule has 4 N–H and O–H groups in total. The van der Waals surface area contributed by atoms with Crippen LogP contribution in [0.25, 0.3) is 0 Å². The third-order valence-electron chi connectivity index (χ3n) is 2.97. The molecule has 1 aromatic carbocycles. The predicted octanol–water partition coefficient (Wildman–Crippen LogP) is 1.61.